The summed E-state index contributed by atoms with van der Waals surface area (Å²) >= 11 is 0. The standard InChI is InChI=1S/C14H30N2O/c1-11-7-6-8-14(9-11,16(4)5)10-15-12(2)13(3)17/h11-13,15,17H,6-10H2,1-5H3. The Hall–Kier alpha value is -0.120. The van der Waals surface area contributed by atoms with E-state index in [0.717, 1.165) is 12.5 Å². The summed E-state index contributed by atoms with van der Waals surface area (Å²) in [4.78, 5) is 2.38. The van der Waals surface area contributed by atoms with Crippen molar-refractivity contribution in [1.82, 2.24) is 10.2 Å². The summed E-state index contributed by atoms with van der Waals surface area (Å²) in [5.74, 6) is 0.815. The Kier molecular flexibility index (Phi) is 5.42. The molecular weight excluding hydrogens is 212 g/mol. The van der Waals surface area contributed by atoms with Crippen LogP contribution in [0.4, 0.5) is 0 Å². The topological polar surface area (TPSA) is 35.5 Å². The van der Waals surface area contributed by atoms with Crippen molar-refractivity contribution in [2.45, 2.75) is 64.1 Å². The number of likely N-dealkylation sites (N-methyl/N-ethyl adjacent to an activating group) is 1. The van der Waals surface area contributed by atoms with Crippen LogP contribution in [-0.2, 0) is 0 Å². The molecule has 1 fully saturated rings. The van der Waals surface area contributed by atoms with E-state index >= 15 is 0 Å². The van der Waals surface area contributed by atoms with Gasteiger partial charge < -0.3 is 15.3 Å². The van der Waals surface area contributed by atoms with Crippen LogP contribution in [0.2, 0.25) is 0 Å². The molecule has 0 aromatic carbocycles. The van der Waals surface area contributed by atoms with E-state index in [1.807, 2.05) is 6.92 Å². The molecule has 0 aromatic heterocycles. The second-order valence-corrected chi connectivity index (χ2v) is 6.23. The molecule has 3 heteroatoms. The second-order valence-electron chi connectivity index (χ2n) is 6.23. The molecule has 0 amide bonds. The lowest BCUT2D eigenvalue weighted by Gasteiger charge is -2.46. The molecule has 0 heterocycles. The highest BCUT2D eigenvalue weighted by Crippen LogP contribution is 2.35. The number of nitrogens with one attached hydrogen (secondary N) is 1. The highest BCUT2D eigenvalue weighted by Gasteiger charge is 2.36. The molecule has 4 atom stereocenters. The molecule has 1 saturated carbocycles. The quantitative estimate of drug-likeness (QED) is 0.772. The van der Waals surface area contributed by atoms with Crippen molar-refractivity contribution in [1.29, 1.82) is 0 Å². The van der Waals surface area contributed by atoms with Gasteiger partial charge in [-0.05, 0) is 46.7 Å². The zero-order valence-electron chi connectivity index (χ0n) is 12.2. The number of aliphatic hydroxyl groups is 1. The first-order chi connectivity index (χ1) is 7.87. The van der Waals surface area contributed by atoms with Crippen molar-refractivity contribution in [3.8, 4) is 0 Å². The van der Waals surface area contributed by atoms with Gasteiger partial charge in [-0.3, -0.25) is 0 Å². The van der Waals surface area contributed by atoms with Crippen LogP contribution < -0.4 is 5.32 Å². The molecule has 3 nitrogen and oxygen atoms in total. The molecule has 2 N–H and O–H groups in total. The third-order valence-electron chi connectivity index (χ3n) is 4.49. The first kappa shape index (κ1) is 14.9. The maximum absolute atomic E-state index is 9.55. The average Bonchev–Trinajstić information content (AvgIpc) is 2.25. The first-order valence-electron chi connectivity index (χ1n) is 6.96. The maximum Gasteiger partial charge on any atom is 0.0662 e. The van der Waals surface area contributed by atoms with Gasteiger partial charge >= 0.3 is 0 Å². The predicted octanol–water partition coefficient (Wildman–Crippen LogP) is 1.86. The maximum atomic E-state index is 9.55. The molecule has 17 heavy (non-hydrogen) atoms. The second kappa shape index (κ2) is 6.17. The van der Waals surface area contributed by atoms with E-state index in [1.54, 1.807) is 0 Å². The fraction of sp³-hybridized carbons (Fsp3) is 1.00. The Labute approximate surface area is 107 Å². The Morgan fingerprint density at radius 2 is 2.06 bits per heavy atom. The lowest BCUT2D eigenvalue weighted by atomic mass is 9.75. The van der Waals surface area contributed by atoms with Gasteiger partial charge in [0.2, 0.25) is 0 Å². The predicted molar refractivity (Wildman–Crippen MR) is 73.2 cm³/mol. The lowest BCUT2D eigenvalue weighted by Crippen LogP contribution is -2.56. The van der Waals surface area contributed by atoms with E-state index in [0.29, 0.717) is 0 Å². The van der Waals surface area contributed by atoms with Crippen LogP contribution >= 0.6 is 0 Å². The van der Waals surface area contributed by atoms with Crippen LogP contribution in [0.3, 0.4) is 0 Å². The van der Waals surface area contributed by atoms with Crippen LogP contribution in [0.15, 0.2) is 0 Å². The minimum Gasteiger partial charge on any atom is -0.392 e. The summed E-state index contributed by atoms with van der Waals surface area (Å²) in [5, 5.41) is 13.1. The Balaban J connectivity index is 2.59. The van der Waals surface area contributed by atoms with Gasteiger partial charge in [-0.25, -0.2) is 0 Å². The SMILES string of the molecule is CC1CCCC(CNC(C)C(C)O)(N(C)C)C1. The van der Waals surface area contributed by atoms with Crippen molar-refractivity contribution in [3.63, 3.8) is 0 Å². The van der Waals surface area contributed by atoms with Crippen molar-refractivity contribution in [3.05, 3.63) is 0 Å². The summed E-state index contributed by atoms with van der Waals surface area (Å²) in [6.45, 7) is 7.25. The zero-order chi connectivity index (χ0) is 13.1. The van der Waals surface area contributed by atoms with Gasteiger partial charge in [-0.15, -0.1) is 0 Å². The fourth-order valence-corrected chi connectivity index (χ4v) is 2.88. The highest BCUT2D eigenvalue weighted by atomic mass is 16.3. The monoisotopic (exact) mass is 242 g/mol. The summed E-state index contributed by atoms with van der Waals surface area (Å²) < 4.78 is 0. The highest BCUT2D eigenvalue weighted by molar-refractivity contribution is 4.95. The number of hydrogen-bond acceptors (Lipinski definition) is 3. The van der Waals surface area contributed by atoms with Crippen LogP contribution in [0.5, 0.6) is 0 Å². The molecule has 1 aliphatic rings. The zero-order valence-corrected chi connectivity index (χ0v) is 12.2. The number of nitrogens with zero attached hydrogens (tertiary/aromatic N) is 1. The van der Waals surface area contributed by atoms with Crippen LogP contribution in [0, 0.1) is 5.92 Å². The summed E-state index contributed by atoms with van der Waals surface area (Å²) in [7, 11) is 4.37. The molecule has 0 radical (unpaired) electrons. The van der Waals surface area contributed by atoms with E-state index in [4.69, 9.17) is 0 Å². The molecule has 1 aliphatic carbocycles. The van der Waals surface area contributed by atoms with E-state index in [-0.39, 0.29) is 17.7 Å². The molecule has 0 saturated heterocycles. The van der Waals surface area contributed by atoms with Crippen molar-refractivity contribution in [2.75, 3.05) is 20.6 Å². The molecule has 102 valence electrons. The lowest BCUT2D eigenvalue weighted by molar-refractivity contribution is 0.0638. The van der Waals surface area contributed by atoms with Gasteiger partial charge in [0, 0.05) is 18.1 Å². The van der Waals surface area contributed by atoms with Gasteiger partial charge in [0.25, 0.3) is 0 Å². The van der Waals surface area contributed by atoms with E-state index in [1.165, 1.54) is 25.7 Å². The summed E-state index contributed by atoms with van der Waals surface area (Å²) in [6, 6.07) is 0.170. The molecule has 1 rings (SSSR count). The van der Waals surface area contributed by atoms with Crippen molar-refractivity contribution < 1.29 is 5.11 Å². The van der Waals surface area contributed by atoms with Gasteiger partial charge in [0.1, 0.15) is 0 Å². The van der Waals surface area contributed by atoms with Gasteiger partial charge in [0.15, 0.2) is 0 Å². The van der Waals surface area contributed by atoms with E-state index in [2.05, 4.69) is 38.2 Å². The third-order valence-corrected chi connectivity index (χ3v) is 4.49. The minimum atomic E-state index is -0.282. The Morgan fingerprint density at radius 3 is 2.53 bits per heavy atom. The van der Waals surface area contributed by atoms with Crippen LogP contribution in [0.1, 0.15) is 46.5 Å². The molecule has 0 spiro atoms. The Morgan fingerprint density at radius 1 is 1.41 bits per heavy atom. The number of aliphatic hydroxyl groups excluding tert-OH is 1. The third kappa shape index (κ3) is 3.94. The number of hydrogen-bond donors (Lipinski definition) is 2. The van der Waals surface area contributed by atoms with Gasteiger partial charge in [0.05, 0.1) is 6.10 Å². The fourth-order valence-electron chi connectivity index (χ4n) is 2.88. The molecule has 0 aliphatic heterocycles. The molecule has 0 bridgehead atoms. The number of rotatable bonds is 5. The van der Waals surface area contributed by atoms with Gasteiger partial charge in [-0.2, -0.15) is 0 Å². The first-order valence-corrected chi connectivity index (χ1v) is 6.96. The van der Waals surface area contributed by atoms with Crippen LogP contribution in [-0.4, -0.2) is 48.3 Å². The molecule has 0 aromatic rings. The average molecular weight is 242 g/mol. The van der Waals surface area contributed by atoms with E-state index in [9.17, 15) is 5.11 Å². The van der Waals surface area contributed by atoms with Crippen molar-refractivity contribution >= 4 is 0 Å². The van der Waals surface area contributed by atoms with E-state index < -0.39 is 0 Å². The van der Waals surface area contributed by atoms with Crippen LogP contribution in [0.25, 0.3) is 0 Å². The smallest absolute Gasteiger partial charge is 0.0662 e. The summed E-state index contributed by atoms with van der Waals surface area (Å²) in [6.07, 6.45) is 4.94. The molecular formula is C14H30N2O. The Bertz CT molecular complexity index is 230. The van der Waals surface area contributed by atoms with Gasteiger partial charge in [-0.1, -0.05) is 19.8 Å². The largest absolute Gasteiger partial charge is 0.392 e. The minimum absolute atomic E-state index is 0.170. The molecule has 4 unspecified atom stereocenters. The van der Waals surface area contributed by atoms with Crippen molar-refractivity contribution in [2.24, 2.45) is 5.92 Å². The summed E-state index contributed by atoms with van der Waals surface area (Å²) in [5.41, 5.74) is 0.279. The normalized spacial score (nSPS) is 33.7.